The van der Waals surface area contributed by atoms with Crippen molar-refractivity contribution >= 4 is 64.9 Å². The van der Waals surface area contributed by atoms with Crippen molar-refractivity contribution in [1.29, 1.82) is 0 Å². The molecule has 2 aromatic heterocycles. The number of aromatic nitrogens is 2. The molecule has 10 rings (SSSR count). The third-order valence-corrected chi connectivity index (χ3v) is 18.5. The maximum Gasteiger partial charge on any atom is 0.798 e. The highest BCUT2D eigenvalue weighted by atomic mass is 19.2. The molecule has 28 heteroatoms. The van der Waals surface area contributed by atoms with E-state index in [2.05, 4.69) is 37.7 Å². The van der Waals surface area contributed by atoms with E-state index in [0.717, 1.165) is 68.1 Å². The maximum absolute atomic E-state index is 15.3. The standard InChI is InChI=1S/C21H25F2N3O4.C21H31NO4.C14H9BF5NO4.C13H25NO2/c1-4-10-7-25(9-21(10,2)24)17-14(23)5-11-16(19(17)30-3)26(15-6-13(15)22)8-12(18(11)27)20(28)29;1-6-17-13-22(19(24)25-14-16-10-8-7-9-11-16)15-21(17,5)12-18(23)26-20(2,3)4;1-24-13-10(18)8(17)2-5-11(13)21(9-3-7(9)16)4-6(12(5)22)14(23)25-15(19)20;1-6-10-8-14-9-13(10,5)7-11(15)16-12(2,3)4/h5,8,10,13,15H,4,6-7,9,24H2,1-3H3,(H,28,29);7-11,17H,6,12-15H2,1-5H3;2,4,7,9H,3H2,1H3;10,14H,6-9H2,1-5H3/t10?,13-,15+,21?;;7-,9+;/m0.0./s1. The Morgan fingerprint density at radius 3 is 1.67 bits per heavy atom. The molecule has 3 aromatic carbocycles. The van der Waals surface area contributed by atoms with E-state index in [4.69, 9.17) is 29.4 Å². The Bertz CT molecular complexity index is 3850. The van der Waals surface area contributed by atoms with Crippen LogP contribution in [0.15, 0.2) is 64.4 Å². The molecule has 3 saturated heterocycles. The lowest BCUT2D eigenvalue weighted by atomic mass is 9.76. The van der Waals surface area contributed by atoms with Crippen LogP contribution in [0.3, 0.4) is 0 Å². The van der Waals surface area contributed by atoms with Gasteiger partial charge < -0.3 is 63.4 Å². The number of pyridine rings is 2. The normalized spacial score (nSPS) is 24.8. The number of likely N-dealkylation sites (tertiary alicyclic amines) is 1. The molecule has 2 saturated carbocycles. The number of ether oxygens (including phenoxy) is 5. The Labute approximate surface area is 559 Å². The van der Waals surface area contributed by atoms with Crippen LogP contribution in [0, 0.1) is 46.0 Å². The average molecular weight is 1370 g/mol. The molecule has 2 aliphatic carbocycles. The van der Waals surface area contributed by atoms with Crippen molar-refractivity contribution in [2.75, 3.05) is 58.4 Å². The summed E-state index contributed by atoms with van der Waals surface area (Å²) in [5.74, 6) is -6.53. The predicted molar refractivity (Wildman–Crippen MR) is 351 cm³/mol. The number of esters is 2. The van der Waals surface area contributed by atoms with Gasteiger partial charge >= 0.3 is 37.4 Å². The third-order valence-electron chi connectivity index (χ3n) is 18.5. The van der Waals surface area contributed by atoms with Crippen LogP contribution in [0.1, 0.15) is 166 Å². The topological polar surface area (TPSA) is 249 Å². The van der Waals surface area contributed by atoms with E-state index in [1.165, 1.54) is 11.7 Å². The van der Waals surface area contributed by atoms with Crippen molar-refractivity contribution in [3.63, 3.8) is 0 Å². The van der Waals surface area contributed by atoms with Crippen LogP contribution in [0.2, 0.25) is 0 Å². The Morgan fingerprint density at radius 1 is 0.701 bits per heavy atom. The summed E-state index contributed by atoms with van der Waals surface area (Å²) in [6, 6.07) is 9.66. The molecule has 6 unspecified atom stereocenters. The number of hydrogen-bond donors (Lipinski definition) is 3. The molecule has 4 N–H and O–H groups in total. The minimum Gasteiger partial charge on any atom is -0.492 e. The first-order valence-corrected chi connectivity index (χ1v) is 32.5. The van der Waals surface area contributed by atoms with Gasteiger partial charge in [0.15, 0.2) is 23.1 Å². The van der Waals surface area contributed by atoms with Gasteiger partial charge in [-0.15, -0.1) is 0 Å². The number of carboxylic acid groups (broad SMARTS) is 1. The fraction of sp³-hybridized carbons (Fsp3) is 0.580. The summed E-state index contributed by atoms with van der Waals surface area (Å²) >= 11 is 0. The lowest BCUT2D eigenvalue weighted by Crippen LogP contribution is -2.44. The van der Waals surface area contributed by atoms with Gasteiger partial charge in [-0.25, -0.2) is 40.6 Å². The molecule has 3 aliphatic heterocycles. The number of anilines is 1. The summed E-state index contributed by atoms with van der Waals surface area (Å²) in [4.78, 5) is 88.5. The first kappa shape index (κ1) is 76.5. The average Bonchev–Trinajstić information content (AvgIpc) is 1.69. The molecule has 5 aliphatic rings. The summed E-state index contributed by atoms with van der Waals surface area (Å²) in [5, 5.41) is 12.1. The van der Waals surface area contributed by atoms with E-state index in [1.807, 2.05) is 85.7 Å². The van der Waals surface area contributed by atoms with Gasteiger partial charge in [-0.2, -0.15) is 4.39 Å². The van der Waals surface area contributed by atoms with Gasteiger partial charge in [0.2, 0.25) is 16.7 Å². The molecule has 1 amide bonds. The number of benzene rings is 3. The van der Waals surface area contributed by atoms with Gasteiger partial charge in [0, 0.05) is 68.9 Å². The molecule has 5 heterocycles. The molecule has 10 atom stereocenters. The van der Waals surface area contributed by atoms with Gasteiger partial charge in [0.1, 0.15) is 47.0 Å². The summed E-state index contributed by atoms with van der Waals surface area (Å²) in [6.45, 7) is 28.0. The number of nitrogens with two attached hydrogens (primary N) is 1. The van der Waals surface area contributed by atoms with Gasteiger partial charge in [-0.3, -0.25) is 19.2 Å². The Morgan fingerprint density at radius 2 is 1.20 bits per heavy atom. The van der Waals surface area contributed by atoms with Crippen LogP contribution in [0.4, 0.5) is 41.1 Å². The van der Waals surface area contributed by atoms with Crippen LogP contribution in [0.5, 0.6) is 11.5 Å². The van der Waals surface area contributed by atoms with Crippen LogP contribution in [0.25, 0.3) is 21.8 Å². The summed E-state index contributed by atoms with van der Waals surface area (Å²) < 4.78 is 128. The number of rotatable bonds is 17. The second-order valence-electron chi connectivity index (χ2n) is 28.5. The first-order chi connectivity index (χ1) is 45.3. The number of amides is 1. The van der Waals surface area contributed by atoms with Crippen LogP contribution < -0.4 is 36.3 Å². The van der Waals surface area contributed by atoms with Gasteiger partial charge in [-0.05, 0) is 102 Å². The molecule has 5 aromatic rings. The fourth-order valence-corrected chi connectivity index (χ4v) is 13.3. The molecule has 20 nitrogen and oxygen atoms in total. The van der Waals surface area contributed by atoms with Crippen molar-refractivity contribution in [3.8, 4) is 11.5 Å². The predicted octanol–water partition coefficient (Wildman–Crippen LogP) is 12.1. The zero-order valence-corrected chi connectivity index (χ0v) is 57.5. The fourth-order valence-electron chi connectivity index (χ4n) is 13.3. The first-order valence-electron chi connectivity index (χ1n) is 32.5. The number of alkyl halides is 2. The number of carboxylic acids is 1. The molecule has 0 spiro atoms. The van der Waals surface area contributed by atoms with Gasteiger partial charge in [0.05, 0.1) is 61.0 Å². The summed E-state index contributed by atoms with van der Waals surface area (Å²) in [6.07, 6.45) is 2.93. The zero-order valence-electron chi connectivity index (χ0n) is 57.5. The second kappa shape index (κ2) is 30.5. The molecular weight excluding hydrogens is 1280 g/mol. The quantitative estimate of drug-likeness (QED) is 0.0339. The van der Waals surface area contributed by atoms with Crippen LogP contribution in [-0.2, 0) is 35.1 Å². The van der Waals surface area contributed by atoms with Crippen molar-refractivity contribution in [1.82, 2.24) is 19.4 Å². The number of fused-ring (bicyclic) bond motifs is 2. The minimum absolute atomic E-state index is 0.0105. The lowest BCUT2D eigenvalue weighted by Gasteiger charge is -2.30. The SMILES string of the molecule is CCC1CN(C(=O)OCc2ccccc2)CC1(C)CC(=O)OC(C)(C)C.CCC1CN(c2c(F)cc3c(=O)c(C(=O)O)cn([C@@H]4C[C@@H]4F)c3c2OC)CC1(C)N.CCC1CNCC1(C)CC(=O)OC(C)(C)C.COc1c(F)c(F)cc2c(=O)c(C(=O)OB(F)F)cn([C@@H]3C[C@@H]3F)c12. The van der Waals surface area contributed by atoms with E-state index in [9.17, 15) is 64.9 Å². The second-order valence-corrected chi connectivity index (χ2v) is 28.5. The molecule has 97 heavy (non-hydrogen) atoms. The zero-order chi connectivity index (χ0) is 72.2. The number of nitrogens with zero attached hydrogens (tertiary/aromatic N) is 4. The van der Waals surface area contributed by atoms with Crippen LogP contribution in [-0.4, -0.2) is 139 Å². The Balaban J connectivity index is 0.000000186. The Hall–Kier alpha value is -7.88. The van der Waals surface area contributed by atoms with E-state index >= 15 is 4.39 Å². The number of hydrogen-bond acceptors (Lipinski definition) is 16. The van der Waals surface area contributed by atoms with Crippen LogP contribution >= 0.6 is 0 Å². The molecular formula is C69H90BF7N6O14. The van der Waals surface area contributed by atoms with Crippen molar-refractivity contribution in [2.24, 2.45) is 34.3 Å². The smallest absolute Gasteiger partial charge is 0.492 e. The molecule has 0 radical (unpaired) electrons. The van der Waals surface area contributed by atoms with E-state index < -0.39 is 106 Å². The van der Waals surface area contributed by atoms with Gasteiger partial charge in [-0.1, -0.05) is 77.8 Å². The highest BCUT2D eigenvalue weighted by molar-refractivity contribution is 6.38. The highest BCUT2D eigenvalue weighted by Crippen LogP contribution is 2.48. The lowest BCUT2D eigenvalue weighted by molar-refractivity contribution is -0.159. The maximum atomic E-state index is 15.3. The van der Waals surface area contributed by atoms with E-state index in [-0.39, 0.29) is 93.6 Å². The van der Waals surface area contributed by atoms with Crippen molar-refractivity contribution in [2.45, 2.75) is 176 Å². The Kier molecular flexibility index (Phi) is 24.0. The molecule has 5 fully saturated rings. The van der Waals surface area contributed by atoms with Crippen molar-refractivity contribution < 1.29 is 88.0 Å². The largest absolute Gasteiger partial charge is 0.798 e. The molecule has 532 valence electrons. The number of halogens is 7. The number of nitrogens with one attached hydrogen (secondary N) is 1. The highest BCUT2D eigenvalue weighted by Gasteiger charge is 2.48. The number of carbonyl (C=O) groups excluding carboxylic acids is 4. The monoisotopic (exact) mass is 1370 g/mol. The third kappa shape index (κ3) is 18.1. The number of carbonyl (C=O) groups is 5. The number of aromatic carboxylic acids is 1. The summed E-state index contributed by atoms with van der Waals surface area (Å²) in [7, 11) is -1.11. The van der Waals surface area contributed by atoms with Crippen molar-refractivity contribution in [3.05, 3.63) is 109 Å². The van der Waals surface area contributed by atoms with E-state index in [0.29, 0.717) is 51.0 Å². The van der Waals surface area contributed by atoms with E-state index in [1.54, 1.807) is 9.80 Å². The molecule has 0 bridgehead atoms. The van der Waals surface area contributed by atoms with Gasteiger partial charge in [0.25, 0.3) is 0 Å². The number of methoxy groups -OCH3 is 2. The minimum atomic E-state index is -3.48. The summed E-state index contributed by atoms with van der Waals surface area (Å²) in [5.41, 5.74) is 2.48.